The summed E-state index contributed by atoms with van der Waals surface area (Å²) in [6.07, 6.45) is 7.53. The quantitative estimate of drug-likeness (QED) is 0.761. The zero-order valence-electron chi connectivity index (χ0n) is 15.7. The predicted octanol–water partition coefficient (Wildman–Crippen LogP) is 2.67. The molecule has 3 aliphatic rings. The first-order chi connectivity index (χ1) is 12.7. The largest absolute Gasteiger partial charge is 0.493 e. The van der Waals surface area contributed by atoms with Crippen LogP contribution >= 0.6 is 0 Å². The summed E-state index contributed by atoms with van der Waals surface area (Å²) < 4.78 is 10.7. The van der Waals surface area contributed by atoms with Gasteiger partial charge in [-0.05, 0) is 42.7 Å². The number of rotatable bonds is 5. The van der Waals surface area contributed by atoms with Crippen LogP contribution in [0.5, 0.6) is 11.5 Å². The van der Waals surface area contributed by atoms with Crippen LogP contribution in [-0.2, 0) is 0 Å². The lowest BCUT2D eigenvalue weighted by Crippen LogP contribution is -2.50. The van der Waals surface area contributed by atoms with E-state index in [1.807, 2.05) is 23.1 Å². The van der Waals surface area contributed by atoms with Crippen LogP contribution in [0.25, 0.3) is 0 Å². The number of fused-ring (bicyclic) bond motifs is 2. The number of amides is 1. The lowest BCUT2D eigenvalue weighted by atomic mass is 9.93. The average molecular weight is 356 g/mol. The summed E-state index contributed by atoms with van der Waals surface area (Å²) in [6.45, 7) is 4.63. The highest BCUT2D eigenvalue weighted by Crippen LogP contribution is 2.43. The third-order valence-corrected chi connectivity index (χ3v) is 6.20. The van der Waals surface area contributed by atoms with Crippen LogP contribution in [0, 0.1) is 17.8 Å². The second-order valence-corrected chi connectivity index (χ2v) is 7.67. The summed E-state index contributed by atoms with van der Waals surface area (Å²) in [5.41, 5.74) is 0.582. The molecule has 26 heavy (non-hydrogen) atoms. The van der Waals surface area contributed by atoms with Crippen LogP contribution in [-0.4, -0.2) is 62.7 Å². The molecule has 1 aromatic rings. The van der Waals surface area contributed by atoms with E-state index >= 15 is 0 Å². The second kappa shape index (κ2) is 7.31. The second-order valence-electron chi connectivity index (χ2n) is 7.67. The van der Waals surface area contributed by atoms with Gasteiger partial charge in [0.05, 0.1) is 19.8 Å². The number of piperazine rings is 1. The highest BCUT2D eigenvalue weighted by Gasteiger charge is 2.37. The lowest BCUT2D eigenvalue weighted by Gasteiger charge is -2.37. The minimum absolute atomic E-state index is 0.0308. The van der Waals surface area contributed by atoms with Crippen molar-refractivity contribution in [3.05, 3.63) is 35.9 Å². The number of hydrogen-bond donors (Lipinski definition) is 0. The minimum Gasteiger partial charge on any atom is -0.493 e. The third-order valence-electron chi connectivity index (χ3n) is 6.20. The van der Waals surface area contributed by atoms with Gasteiger partial charge >= 0.3 is 0 Å². The van der Waals surface area contributed by atoms with E-state index in [0.717, 1.165) is 43.9 Å². The zero-order chi connectivity index (χ0) is 18.1. The Morgan fingerprint density at radius 2 is 1.88 bits per heavy atom. The van der Waals surface area contributed by atoms with Crippen molar-refractivity contribution >= 4 is 5.91 Å². The first kappa shape index (κ1) is 17.4. The van der Waals surface area contributed by atoms with E-state index in [-0.39, 0.29) is 5.91 Å². The van der Waals surface area contributed by atoms with Gasteiger partial charge in [-0.2, -0.15) is 0 Å². The first-order valence-electron chi connectivity index (χ1n) is 9.60. The Hall–Kier alpha value is -2.01. The monoisotopic (exact) mass is 356 g/mol. The SMILES string of the molecule is COc1cccc(C(=O)N2CCN(C[C@H]3C[C@H]4C=C[C@H]3C4)CC2)c1OC. The zero-order valence-corrected chi connectivity index (χ0v) is 15.7. The maximum Gasteiger partial charge on any atom is 0.257 e. The van der Waals surface area contributed by atoms with E-state index in [2.05, 4.69) is 17.1 Å². The van der Waals surface area contributed by atoms with Crippen molar-refractivity contribution in [3.8, 4) is 11.5 Å². The summed E-state index contributed by atoms with van der Waals surface area (Å²) in [4.78, 5) is 17.4. The normalized spacial score (nSPS) is 27.8. The van der Waals surface area contributed by atoms with Crippen molar-refractivity contribution < 1.29 is 14.3 Å². The highest BCUT2D eigenvalue weighted by molar-refractivity contribution is 5.97. The summed E-state index contributed by atoms with van der Waals surface area (Å²) in [5.74, 6) is 3.58. The van der Waals surface area contributed by atoms with Crippen LogP contribution in [0.3, 0.4) is 0 Å². The molecule has 3 atom stereocenters. The molecule has 5 heteroatoms. The molecule has 0 spiro atoms. The van der Waals surface area contributed by atoms with Crippen LogP contribution in [0.1, 0.15) is 23.2 Å². The number of nitrogens with zero attached hydrogens (tertiary/aromatic N) is 2. The molecule has 1 saturated heterocycles. The Bertz CT molecular complexity index is 694. The number of para-hydroxylation sites is 1. The standard InChI is InChI=1S/C21H28N2O3/c1-25-19-5-3-4-18(20(19)26-2)21(24)23-10-8-22(9-11-23)14-17-13-15-6-7-16(17)12-15/h3-7,15-17H,8-14H2,1-2H3/t15-,16-,17+/m0/s1. The number of carbonyl (C=O) groups is 1. The highest BCUT2D eigenvalue weighted by atomic mass is 16.5. The Morgan fingerprint density at radius 3 is 2.50 bits per heavy atom. The van der Waals surface area contributed by atoms with Gasteiger partial charge in [0, 0.05) is 32.7 Å². The topological polar surface area (TPSA) is 42.0 Å². The van der Waals surface area contributed by atoms with E-state index in [0.29, 0.717) is 17.1 Å². The van der Waals surface area contributed by atoms with Gasteiger partial charge in [0.2, 0.25) is 0 Å². The molecule has 4 rings (SSSR count). The fourth-order valence-corrected chi connectivity index (χ4v) is 4.80. The number of methoxy groups -OCH3 is 2. The maximum atomic E-state index is 13.0. The molecular formula is C21H28N2O3. The molecule has 0 aromatic heterocycles. The van der Waals surface area contributed by atoms with Gasteiger partial charge in [-0.25, -0.2) is 0 Å². The molecule has 2 aliphatic carbocycles. The smallest absolute Gasteiger partial charge is 0.257 e. The van der Waals surface area contributed by atoms with Crippen LogP contribution in [0.2, 0.25) is 0 Å². The van der Waals surface area contributed by atoms with Gasteiger partial charge in [-0.3, -0.25) is 9.69 Å². The number of allylic oxidation sites excluding steroid dienone is 2. The summed E-state index contributed by atoms with van der Waals surface area (Å²) in [7, 11) is 3.17. The molecular weight excluding hydrogens is 328 g/mol. The predicted molar refractivity (Wildman–Crippen MR) is 101 cm³/mol. The van der Waals surface area contributed by atoms with Crippen molar-refractivity contribution in [3.63, 3.8) is 0 Å². The molecule has 1 heterocycles. The van der Waals surface area contributed by atoms with Gasteiger partial charge in [-0.1, -0.05) is 18.2 Å². The average Bonchev–Trinajstić information content (AvgIpc) is 3.30. The fraction of sp³-hybridized carbons (Fsp3) is 0.571. The van der Waals surface area contributed by atoms with Crippen LogP contribution in [0.15, 0.2) is 30.4 Å². The summed E-state index contributed by atoms with van der Waals surface area (Å²) >= 11 is 0. The Labute approximate surface area is 155 Å². The molecule has 0 radical (unpaired) electrons. The molecule has 1 saturated carbocycles. The van der Waals surface area contributed by atoms with Gasteiger partial charge in [0.25, 0.3) is 5.91 Å². The Kier molecular flexibility index (Phi) is 4.90. The molecule has 1 aromatic carbocycles. The van der Waals surface area contributed by atoms with E-state index < -0.39 is 0 Å². The molecule has 5 nitrogen and oxygen atoms in total. The molecule has 140 valence electrons. The van der Waals surface area contributed by atoms with Crippen LogP contribution < -0.4 is 9.47 Å². The van der Waals surface area contributed by atoms with Crippen molar-refractivity contribution in [2.45, 2.75) is 12.8 Å². The Balaban J connectivity index is 1.36. The van der Waals surface area contributed by atoms with Crippen molar-refractivity contribution in [1.29, 1.82) is 0 Å². The summed E-state index contributed by atoms with van der Waals surface area (Å²) in [5, 5.41) is 0. The van der Waals surface area contributed by atoms with Crippen molar-refractivity contribution in [1.82, 2.24) is 9.80 Å². The van der Waals surface area contributed by atoms with E-state index in [4.69, 9.17) is 9.47 Å². The molecule has 0 N–H and O–H groups in total. The van der Waals surface area contributed by atoms with Gasteiger partial charge in [0.15, 0.2) is 11.5 Å². The van der Waals surface area contributed by atoms with E-state index in [1.54, 1.807) is 14.2 Å². The molecule has 2 fully saturated rings. The van der Waals surface area contributed by atoms with Gasteiger partial charge < -0.3 is 14.4 Å². The number of carbonyl (C=O) groups excluding carboxylic acids is 1. The summed E-state index contributed by atoms with van der Waals surface area (Å²) in [6, 6.07) is 5.47. The third kappa shape index (κ3) is 3.20. The van der Waals surface area contributed by atoms with Crippen LogP contribution in [0.4, 0.5) is 0 Å². The van der Waals surface area contributed by atoms with Gasteiger partial charge in [-0.15, -0.1) is 0 Å². The number of hydrogen-bond acceptors (Lipinski definition) is 4. The van der Waals surface area contributed by atoms with Gasteiger partial charge in [0.1, 0.15) is 0 Å². The van der Waals surface area contributed by atoms with Crippen molar-refractivity contribution in [2.75, 3.05) is 46.9 Å². The van der Waals surface area contributed by atoms with Crippen molar-refractivity contribution in [2.24, 2.45) is 17.8 Å². The molecule has 0 unspecified atom stereocenters. The maximum absolute atomic E-state index is 13.0. The molecule has 1 amide bonds. The first-order valence-corrected chi connectivity index (χ1v) is 9.60. The Morgan fingerprint density at radius 1 is 1.08 bits per heavy atom. The number of ether oxygens (including phenoxy) is 2. The fourth-order valence-electron chi connectivity index (χ4n) is 4.80. The number of benzene rings is 1. The minimum atomic E-state index is 0.0308. The lowest BCUT2D eigenvalue weighted by molar-refractivity contribution is 0.0606. The molecule has 2 bridgehead atoms. The van der Waals surface area contributed by atoms with E-state index in [1.165, 1.54) is 19.4 Å². The van der Waals surface area contributed by atoms with E-state index in [9.17, 15) is 4.79 Å². The molecule has 1 aliphatic heterocycles.